The van der Waals surface area contributed by atoms with E-state index in [2.05, 4.69) is 15.6 Å². The molecule has 1 amide bonds. The number of pyridine rings is 1. The predicted octanol–water partition coefficient (Wildman–Crippen LogP) is 6.93. The molecule has 3 heterocycles. The summed E-state index contributed by atoms with van der Waals surface area (Å²) in [7, 11) is 0. The maximum Gasteiger partial charge on any atom is 0.407 e. The molecular formula is C31H37N5O3S. The molecule has 3 aromatic heterocycles. The van der Waals surface area contributed by atoms with Crippen LogP contribution in [0, 0.1) is 0 Å². The number of rotatable bonds is 9. The van der Waals surface area contributed by atoms with Crippen molar-refractivity contribution in [2.45, 2.75) is 59.6 Å². The van der Waals surface area contributed by atoms with Gasteiger partial charge in [-0.2, -0.15) is 0 Å². The van der Waals surface area contributed by atoms with Gasteiger partial charge in [0.25, 0.3) is 0 Å². The van der Waals surface area contributed by atoms with Gasteiger partial charge >= 0.3 is 6.09 Å². The smallest absolute Gasteiger partial charge is 0.407 e. The van der Waals surface area contributed by atoms with Crippen molar-refractivity contribution >= 4 is 45.3 Å². The standard InChI is InChI=1S/C29H31N5O3S.C2H6/c1-19(35)10-11-22-18-38-25-24(22)33-26(21-12-14-30-15-13-21)34-27(25)31-17-23(16-20-8-6-5-7-9-20)32-28(36)37-29(2,3)4;1-2/h5-15,18,23H,16-17H2,1-4H3,(H,32,36)(H,31,33,34);1-2H3/b11-10+;. The van der Waals surface area contributed by atoms with E-state index in [-0.39, 0.29) is 11.8 Å². The van der Waals surface area contributed by atoms with E-state index in [1.54, 1.807) is 18.5 Å². The van der Waals surface area contributed by atoms with E-state index in [0.717, 1.165) is 26.9 Å². The van der Waals surface area contributed by atoms with E-state index < -0.39 is 11.7 Å². The highest BCUT2D eigenvalue weighted by atomic mass is 32.1. The van der Waals surface area contributed by atoms with E-state index in [4.69, 9.17) is 14.7 Å². The average molecular weight is 560 g/mol. The predicted molar refractivity (Wildman–Crippen MR) is 164 cm³/mol. The van der Waals surface area contributed by atoms with Gasteiger partial charge in [0.2, 0.25) is 0 Å². The summed E-state index contributed by atoms with van der Waals surface area (Å²) in [5, 5.41) is 8.41. The van der Waals surface area contributed by atoms with Crippen molar-refractivity contribution in [3.63, 3.8) is 0 Å². The van der Waals surface area contributed by atoms with Crippen molar-refractivity contribution in [1.82, 2.24) is 20.3 Å². The van der Waals surface area contributed by atoms with Crippen molar-refractivity contribution < 1.29 is 14.3 Å². The van der Waals surface area contributed by atoms with E-state index in [1.165, 1.54) is 24.3 Å². The number of allylic oxidation sites excluding steroid dienone is 1. The highest BCUT2D eigenvalue weighted by Gasteiger charge is 2.21. The van der Waals surface area contributed by atoms with Crippen molar-refractivity contribution in [3.8, 4) is 11.4 Å². The molecule has 0 saturated carbocycles. The molecule has 210 valence electrons. The van der Waals surface area contributed by atoms with Gasteiger partial charge in [-0.25, -0.2) is 14.8 Å². The Kier molecular flexibility index (Phi) is 10.9. The Bertz CT molecular complexity index is 1430. The van der Waals surface area contributed by atoms with Crippen LogP contribution in [0.1, 0.15) is 52.7 Å². The Labute approximate surface area is 239 Å². The first-order valence-corrected chi connectivity index (χ1v) is 14.2. The topological polar surface area (TPSA) is 106 Å². The molecule has 0 aliphatic heterocycles. The summed E-state index contributed by atoms with van der Waals surface area (Å²) in [6.07, 6.45) is 6.83. The Balaban J connectivity index is 0.00000216. The van der Waals surface area contributed by atoms with Crippen LogP contribution in [0.4, 0.5) is 10.6 Å². The van der Waals surface area contributed by atoms with Crippen LogP contribution in [0.2, 0.25) is 0 Å². The van der Waals surface area contributed by atoms with Crippen LogP contribution in [0.25, 0.3) is 27.7 Å². The number of benzene rings is 1. The zero-order valence-electron chi connectivity index (χ0n) is 23.9. The Morgan fingerprint density at radius 2 is 1.75 bits per heavy atom. The van der Waals surface area contributed by atoms with Crippen LogP contribution in [-0.4, -0.2) is 45.0 Å². The third kappa shape index (κ3) is 8.98. The fraction of sp³-hybridized carbons (Fsp3) is 0.323. The lowest BCUT2D eigenvalue weighted by Gasteiger charge is -2.24. The van der Waals surface area contributed by atoms with Crippen LogP contribution >= 0.6 is 11.3 Å². The molecule has 1 atom stereocenters. The molecule has 0 radical (unpaired) electrons. The number of ketones is 1. The largest absolute Gasteiger partial charge is 0.444 e. The van der Waals surface area contributed by atoms with Gasteiger partial charge in [-0.3, -0.25) is 9.78 Å². The highest BCUT2D eigenvalue weighted by Crippen LogP contribution is 2.33. The van der Waals surface area contributed by atoms with Crippen molar-refractivity contribution in [2.75, 3.05) is 11.9 Å². The summed E-state index contributed by atoms with van der Waals surface area (Å²) >= 11 is 1.50. The fourth-order valence-electron chi connectivity index (χ4n) is 3.78. The monoisotopic (exact) mass is 559 g/mol. The second-order valence-electron chi connectivity index (χ2n) is 9.86. The summed E-state index contributed by atoms with van der Waals surface area (Å²) in [4.78, 5) is 37.9. The van der Waals surface area contributed by atoms with Crippen LogP contribution in [0.15, 0.2) is 66.3 Å². The maximum absolute atomic E-state index is 12.6. The van der Waals surface area contributed by atoms with E-state index in [1.807, 2.05) is 82.5 Å². The van der Waals surface area contributed by atoms with E-state index >= 15 is 0 Å². The molecular weight excluding hydrogens is 522 g/mol. The molecule has 1 unspecified atom stereocenters. The number of amides is 1. The number of anilines is 1. The van der Waals surface area contributed by atoms with Gasteiger partial charge < -0.3 is 15.4 Å². The molecule has 0 spiro atoms. The second-order valence-corrected chi connectivity index (χ2v) is 10.7. The zero-order valence-corrected chi connectivity index (χ0v) is 24.7. The number of hydrogen-bond acceptors (Lipinski definition) is 8. The van der Waals surface area contributed by atoms with Gasteiger partial charge in [0.1, 0.15) is 11.4 Å². The van der Waals surface area contributed by atoms with Crippen molar-refractivity contribution in [2.24, 2.45) is 0 Å². The van der Waals surface area contributed by atoms with Gasteiger partial charge in [0.05, 0.1) is 16.3 Å². The molecule has 9 heteroatoms. The summed E-state index contributed by atoms with van der Waals surface area (Å²) in [5.41, 5.74) is 2.90. The normalized spacial score (nSPS) is 11.9. The Hall–Kier alpha value is -4.11. The number of carbonyl (C=O) groups is 2. The lowest BCUT2D eigenvalue weighted by atomic mass is 10.1. The third-order valence-corrected chi connectivity index (χ3v) is 6.43. The van der Waals surface area contributed by atoms with Crippen molar-refractivity contribution in [1.29, 1.82) is 0 Å². The summed E-state index contributed by atoms with van der Waals surface area (Å²) in [6.45, 7) is 11.4. The Morgan fingerprint density at radius 3 is 2.40 bits per heavy atom. The SMILES string of the molecule is CC.CC(=O)/C=C/c1csc2c(NCC(Cc3ccccc3)NC(=O)OC(C)(C)C)nc(-c3ccncc3)nc12. The quantitative estimate of drug-likeness (QED) is 0.214. The van der Waals surface area contributed by atoms with Crippen LogP contribution in [0.5, 0.6) is 0 Å². The number of nitrogens with zero attached hydrogens (tertiary/aromatic N) is 3. The number of aromatic nitrogens is 3. The van der Waals surface area contributed by atoms with Crippen LogP contribution in [-0.2, 0) is 16.0 Å². The van der Waals surface area contributed by atoms with Crippen molar-refractivity contribution in [3.05, 3.63) is 77.4 Å². The third-order valence-electron chi connectivity index (χ3n) is 5.44. The molecule has 4 aromatic rings. The van der Waals surface area contributed by atoms with Crippen LogP contribution < -0.4 is 10.6 Å². The fourth-order valence-corrected chi connectivity index (χ4v) is 4.72. The molecule has 1 aromatic carbocycles. The maximum atomic E-state index is 12.6. The minimum atomic E-state index is -0.603. The molecule has 0 bridgehead atoms. The molecule has 0 aliphatic carbocycles. The lowest BCUT2D eigenvalue weighted by Crippen LogP contribution is -2.43. The molecule has 40 heavy (non-hydrogen) atoms. The van der Waals surface area contributed by atoms with Crippen LogP contribution in [0.3, 0.4) is 0 Å². The second kappa shape index (κ2) is 14.3. The van der Waals surface area contributed by atoms with Gasteiger partial charge in [-0.15, -0.1) is 11.3 Å². The first-order chi connectivity index (χ1) is 19.2. The zero-order chi connectivity index (χ0) is 29.1. The average Bonchev–Trinajstić information content (AvgIpc) is 3.34. The number of thiophene rings is 1. The molecule has 4 rings (SSSR count). The lowest BCUT2D eigenvalue weighted by molar-refractivity contribution is -0.112. The first kappa shape index (κ1) is 30.4. The Morgan fingerprint density at radius 1 is 1.05 bits per heavy atom. The molecule has 0 fully saturated rings. The molecule has 8 nitrogen and oxygen atoms in total. The first-order valence-electron chi connectivity index (χ1n) is 13.3. The molecule has 0 aliphatic rings. The summed E-state index contributed by atoms with van der Waals surface area (Å²) in [6, 6.07) is 13.4. The summed E-state index contributed by atoms with van der Waals surface area (Å²) < 4.78 is 6.37. The van der Waals surface area contributed by atoms with E-state index in [0.29, 0.717) is 24.6 Å². The minimum absolute atomic E-state index is 0.0388. The number of fused-ring (bicyclic) bond motifs is 1. The number of carbonyl (C=O) groups excluding carboxylic acids is 2. The highest BCUT2D eigenvalue weighted by molar-refractivity contribution is 7.18. The minimum Gasteiger partial charge on any atom is -0.444 e. The van der Waals surface area contributed by atoms with Gasteiger partial charge in [0.15, 0.2) is 11.6 Å². The number of alkyl carbamates (subject to hydrolysis) is 1. The van der Waals surface area contributed by atoms with E-state index in [9.17, 15) is 9.59 Å². The number of nitrogens with one attached hydrogen (secondary N) is 2. The van der Waals surface area contributed by atoms with Gasteiger partial charge in [0, 0.05) is 35.4 Å². The number of ether oxygens (including phenoxy) is 1. The number of hydrogen-bond donors (Lipinski definition) is 2. The molecule has 2 N–H and O–H groups in total. The van der Waals surface area contributed by atoms with Gasteiger partial charge in [-0.1, -0.05) is 44.2 Å². The summed E-state index contributed by atoms with van der Waals surface area (Å²) in [5.74, 6) is 1.15. The van der Waals surface area contributed by atoms with Gasteiger partial charge in [-0.05, 0) is 64.0 Å². The molecule has 0 saturated heterocycles.